The van der Waals surface area contributed by atoms with E-state index in [2.05, 4.69) is 21.1 Å². The molecule has 0 N–H and O–H groups in total. The van der Waals surface area contributed by atoms with Gasteiger partial charge in [-0.2, -0.15) is 10.2 Å². The van der Waals surface area contributed by atoms with E-state index in [1.54, 1.807) is 33.9 Å². The topological polar surface area (TPSA) is 48.5 Å². The van der Waals surface area contributed by atoms with Crippen molar-refractivity contribution in [1.82, 2.24) is 24.5 Å². The number of aromatic nitrogens is 5. The Bertz CT molecular complexity index is 637. The minimum absolute atomic E-state index is 0.668. The molecule has 18 heavy (non-hydrogen) atoms. The molecule has 86 valence electrons. The Morgan fingerprint density at radius 1 is 0.944 bits per heavy atom. The van der Waals surface area contributed by atoms with E-state index in [9.17, 15) is 0 Å². The Hall–Kier alpha value is -2.87. The Morgan fingerprint density at radius 2 is 1.50 bits per heavy atom. The summed E-state index contributed by atoms with van der Waals surface area (Å²) < 4.78 is 3.32. The SMILES string of the molecule is C#Cc1cc(-n2cccn2)nc(-n2cccn2)c1. The molecule has 0 aliphatic rings. The van der Waals surface area contributed by atoms with E-state index < -0.39 is 0 Å². The average Bonchev–Trinajstić information content (AvgIpc) is 3.10. The second kappa shape index (κ2) is 4.18. The maximum Gasteiger partial charge on any atom is 0.157 e. The van der Waals surface area contributed by atoms with Crippen molar-refractivity contribution >= 4 is 0 Å². The summed E-state index contributed by atoms with van der Waals surface area (Å²) in [5, 5.41) is 8.28. The van der Waals surface area contributed by atoms with E-state index in [1.807, 2.05) is 24.5 Å². The zero-order chi connectivity index (χ0) is 12.4. The van der Waals surface area contributed by atoms with Crippen LogP contribution in [0.5, 0.6) is 0 Å². The lowest BCUT2D eigenvalue weighted by molar-refractivity contribution is 0.802. The molecule has 0 fully saturated rings. The van der Waals surface area contributed by atoms with Gasteiger partial charge in [-0.1, -0.05) is 5.92 Å². The van der Waals surface area contributed by atoms with Crippen LogP contribution in [0.4, 0.5) is 0 Å². The van der Waals surface area contributed by atoms with Crippen LogP contribution in [0.15, 0.2) is 49.1 Å². The van der Waals surface area contributed by atoms with Crippen molar-refractivity contribution < 1.29 is 0 Å². The van der Waals surface area contributed by atoms with Crippen LogP contribution in [0, 0.1) is 12.3 Å². The van der Waals surface area contributed by atoms with Crippen LogP contribution in [0.1, 0.15) is 5.56 Å². The molecule has 5 nitrogen and oxygen atoms in total. The molecule has 0 spiro atoms. The van der Waals surface area contributed by atoms with E-state index in [-0.39, 0.29) is 0 Å². The Labute approximate surface area is 104 Å². The van der Waals surface area contributed by atoms with Gasteiger partial charge in [-0.05, 0) is 24.3 Å². The maximum absolute atomic E-state index is 5.46. The fourth-order valence-electron chi connectivity index (χ4n) is 1.63. The molecule has 3 aromatic heterocycles. The molecule has 0 saturated carbocycles. The fourth-order valence-corrected chi connectivity index (χ4v) is 1.63. The molecule has 0 aliphatic heterocycles. The van der Waals surface area contributed by atoms with Gasteiger partial charge in [0.05, 0.1) is 0 Å². The number of rotatable bonds is 2. The summed E-state index contributed by atoms with van der Waals surface area (Å²) in [6.07, 6.45) is 12.5. The zero-order valence-corrected chi connectivity index (χ0v) is 9.43. The molecule has 0 saturated heterocycles. The predicted octanol–water partition coefficient (Wildman–Crippen LogP) is 1.43. The van der Waals surface area contributed by atoms with Crippen molar-refractivity contribution in [3.8, 4) is 24.0 Å². The van der Waals surface area contributed by atoms with Gasteiger partial charge in [-0.25, -0.2) is 14.3 Å². The summed E-state index contributed by atoms with van der Waals surface area (Å²) in [5.41, 5.74) is 0.737. The highest BCUT2D eigenvalue weighted by molar-refractivity contribution is 5.43. The smallest absolute Gasteiger partial charge is 0.157 e. The van der Waals surface area contributed by atoms with Gasteiger partial charge in [0.2, 0.25) is 0 Å². The fraction of sp³-hybridized carbons (Fsp3) is 0. The van der Waals surface area contributed by atoms with Crippen LogP contribution in [0.3, 0.4) is 0 Å². The summed E-state index contributed by atoms with van der Waals surface area (Å²) in [7, 11) is 0. The molecule has 3 rings (SSSR count). The second-order valence-corrected chi connectivity index (χ2v) is 3.62. The molecular weight excluding hydrogens is 226 g/mol. The number of hydrogen-bond acceptors (Lipinski definition) is 3. The number of terminal acetylenes is 1. The van der Waals surface area contributed by atoms with Gasteiger partial charge < -0.3 is 0 Å². The molecule has 3 heterocycles. The first-order valence-electron chi connectivity index (χ1n) is 5.35. The van der Waals surface area contributed by atoms with E-state index in [0.717, 1.165) is 5.56 Å². The first-order chi connectivity index (χ1) is 8.86. The largest absolute Gasteiger partial charge is 0.223 e. The van der Waals surface area contributed by atoms with E-state index in [1.165, 1.54) is 0 Å². The van der Waals surface area contributed by atoms with Gasteiger partial charge in [0, 0.05) is 30.4 Å². The molecule has 0 aromatic carbocycles. The summed E-state index contributed by atoms with van der Waals surface area (Å²) >= 11 is 0. The molecule has 0 amide bonds. The third-order valence-corrected chi connectivity index (χ3v) is 2.44. The van der Waals surface area contributed by atoms with Gasteiger partial charge in [0.15, 0.2) is 11.6 Å². The van der Waals surface area contributed by atoms with Gasteiger partial charge in [0.25, 0.3) is 0 Å². The molecular formula is C13H9N5. The second-order valence-electron chi connectivity index (χ2n) is 3.62. The molecule has 0 bridgehead atoms. The van der Waals surface area contributed by atoms with E-state index in [4.69, 9.17) is 6.42 Å². The van der Waals surface area contributed by atoms with Crippen molar-refractivity contribution in [3.63, 3.8) is 0 Å². The van der Waals surface area contributed by atoms with Crippen molar-refractivity contribution in [1.29, 1.82) is 0 Å². The van der Waals surface area contributed by atoms with Crippen LogP contribution in [0.25, 0.3) is 11.6 Å². The van der Waals surface area contributed by atoms with Crippen LogP contribution in [-0.4, -0.2) is 24.5 Å². The predicted molar refractivity (Wildman–Crippen MR) is 66.4 cm³/mol. The summed E-state index contributed by atoms with van der Waals surface area (Å²) in [4.78, 5) is 4.47. The van der Waals surface area contributed by atoms with Crippen LogP contribution in [-0.2, 0) is 0 Å². The lowest BCUT2D eigenvalue weighted by Gasteiger charge is -2.06. The Kier molecular flexibility index (Phi) is 2.39. The highest BCUT2D eigenvalue weighted by Crippen LogP contribution is 2.11. The molecule has 0 atom stereocenters. The number of nitrogens with zero attached hydrogens (tertiary/aromatic N) is 5. The maximum atomic E-state index is 5.46. The summed E-state index contributed by atoms with van der Waals surface area (Å²) in [6, 6.07) is 7.27. The van der Waals surface area contributed by atoms with E-state index in [0.29, 0.717) is 11.6 Å². The lowest BCUT2D eigenvalue weighted by Crippen LogP contribution is -2.04. The van der Waals surface area contributed by atoms with Gasteiger partial charge in [-0.15, -0.1) is 6.42 Å². The van der Waals surface area contributed by atoms with E-state index >= 15 is 0 Å². The Balaban J connectivity index is 2.17. The molecule has 5 heteroatoms. The third-order valence-electron chi connectivity index (χ3n) is 2.44. The number of hydrogen-bond donors (Lipinski definition) is 0. The molecule has 0 radical (unpaired) electrons. The standard InChI is InChI=1S/C13H9N5/c1-2-11-9-12(17-7-3-5-14-17)16-13(10-11)18-8-4-6-15-18/h1,3-10H. The highest BCUT2D eigenvalue weighted by atomic mass is 15.3. The number of pyridine rings is 1. The van der Waals surface area contributed by atoms with Gasteiger partial charge in [0.1, 0.15) is 0 Å². The molecule has 3 aromatic rings. The first kappa shape index (κ1) is 10.3. The van der Waals surface area contributed by atoms with Gasteiger partial charge >= 0.3 is 0 Å². The summed E-state index contributed by atoms with van der Waals surface area (Å²) in [6.45, 7) is 0. The van der Waals surface area contributed by atoms with Crippen LogP contribution >= 0.6 is 0 Å². The lowest BCUT2D eigenvalue weighted by atomic mass is 10.2. The van der Waals surface area contributed by atoms with Crippen LogP contribution < -0.4 is 0 Å². The van der Waals surface area contributed by atoms with Gasteiger partial charge in [-0.3, -0.25) is 0 Å². The monoisotopic (exact) mass is 235 g/mol. The summed E-state index contributed by atoms with van der Waals surface area (Å²) in [5.74, 6) is 3.94. The molecule has 0 aliphatic carbocycles. The van der Waals surface area contributed by atoms with Crippen molar-refractivity contribution in [2.45, 2.75) is 0 Å². The minimum Gasteiger partial charge on any atom is -0.223 e. The average molecular weight is 235 g/mol. The highest BCUT2D eigenvalue weighted by Gasteiger charge is 2.05. The normalized spacial score (nSPS) is 10.2. The quantitative estimate of drug-likeness (QED) is 0.631. The zero-order valence-electron chi connectivity index (χ0n) is 9.43. The molecule has 0 unspecified atom stereocenters. The first-order valence-corrected chi connectivity index (χ1v) is 5.35. The third kappa shape index (κ3) is 1.76. The van der Waals surface area contributed by atoms with Crippen molar-refractivity contribution in [3.05, 3.63) is 54.6 Å². The van der Waals surface area contributed by atoms with Crippen molar-refractivity contribution in [2.24, 2.45) is 0 Å². The van der Waals surface area contributed by atoms with Crippen LogP contribution in [0.2, 0.25) is 0 Å². The van der Waals surface area contributed by atoms with Crippen molar-refractivity contribution in [2.75, 3.05) is 0 Å². The Morgan fingerprint density at radius 3 is 1.89 bits per heavy atom. The minimum atomic E-state index is 0.668.